The van der Waals surface area contributed by atoms with Crippen LogP contribution in [-0.2, 0) is 4.79 Å². The molecule has 5 nitrogen and oxygen atoms in total. The highest BCUT2D eigenvalue weighted by molar-refractivity contribution is 8.00. The van der Waals surface area contributed by atoms with E-state index in [0.717, 1.165) is 18.4 Å². The Morgan fingerprint density at radius 2 is 2.23 bits per heavy atom. The van der Waals surface area contributed by atoms with Crippen molar-refractivity contribution in [2.45, 2.75) is 43.1 Å². The Labute approximate surface area is 137 Å². The van der Waals surface area contributed by atoms with Crippen LogP contribution in [-0.4, -0.2) is 21.4 Å². The van der Waals surface area contributed by atoms with Crippen LogP contribution in [0.25, 0.3) is 0 Å². The molecule has 1 amide bonds. The van der Waals surface area contributed by atoms with Crippen molar-refractivity contribution in [1.82, 2.24) is 10.2 Å². The molecular formula is C15H16ClN3O2S. The molecule has 116 valence electrons. The van der Waals surface area contributed by atoms with E-state index in [-0.39, 0.29) is 11.2 Å². The minimum atomic E-state index is -0.342. The van der Waals surface area contributed by atoms with Crippen molar-refractivity contribution in [3.05, 3.63) is 34.7 Å². The van der Waals surface area contributed by atoms with E-state index in [2.05, 4.69) is 15.5 Å². The molecule has 0 spiro atoms. The Morgan fingerprint density at radius 1 is 1.45 bits per heavy atom. The van der Waals surface area contributed by atoms with Crippen LogP contribution in [0.3, 0.4) is 0 Å². The maximum Gasteiger partial charge on any atom is 0.277 e. The van der Waals surface area contributed by atoms with Crippen LogP contribution in [0, 0.1) is 6.92 Å². The fourth-order valence-corrected chi connectivity index (χ4v) is 2.79. The second kappa shape index (κ2) is 6.30. The maximum atomic E-state index is 12.3. The molecule has 3 rings (SSSR count). The molecule has 1 fully saturated rings. The predicted molar refractivity (Wildman–Crippen MR) is 86.4 cm³/mol. The fourth-order valence-electron chi connectivity index (χ4n) is 1.93. The van der Waals surface area contributed by atoms with Crippen LogP contribution in [0.5, 0.6) is 0 Å². The second-order valence-corrected chi connectivity index (χ2v) is 7.12. The van der Waals surface area contributed by atoms with Crippen molar-refractivity contribution in [3.8, 4) is 0 Å². The smallest absolute Gasteiger partial charge is 0.277 e. The monoisotopic (exact) mass is 337 g/mol. The van der Waals surface area contributed by atoms with Gasteiger partial charge in [0.2, 0.25) is 11.8 Å². The molecule has 2 aromatic rings. The number of rotatable bonds is 5. The largest absolute Gasteiger partial charge is 0.416 e. The summed E-state index contributed by atoms with van der Waals surface area (Å²) < 4.78 is 5.56. The van der Waals surface area contributed by atoms with Gasteiger partial charge in [0.15, 0.2) is 0 Å². The minimum Gasteiger partial charge on any atom is -0.416 e. The number of halogens is 1. The molecule has 0 saturated heterocycles. The van der Waals surface area contributed by atoms with Gasteiger partial charge in [-0.3, -0.25) is 4.79 Å². The Hall–Kier alpha value is -1.53. The third-order valence-corrected chi connectivity index (χ3v) is 4.62. The second-order valence-electron chi connectivity index (χ2n) is 5.39. The van der Waals surface area contributed by atoms with Crippen molar-refractivity contribution in [3.63, 3.8) is 0 Å². The number of hydrogen-bond acceptors (Lipinski definition) is 5. The molecule has 0 bridgehead atoms. The summed E-state index contributed by atoms with van der Waals surface area (Å²) in [6, 6.07) is 5.41. The van der Waals surface area contributed by atoms with Gasteiger partial charge in [0.05, 0.1) is 5.25 Å². The summed E-state index contributed by atoms with van der Waals surface area (Å²) in [6.45, 7) is 3.73. The molecule has 1 atom stereocenters. The molecule has 1 aromatic heterocycles. The third-order valence-electron chi connectivity index (χ3n) is 3.45. The van der Waals surface area contributed by atoms with Crippen molar-refractivity contribution in [2.75, 3.05) is 5.32 Å². The standard InChI is InChI=1S/C15H16ClN3O2S/c1-8-3-6-11(16)7-12(8)17-13(20)9(2)22-15-19-18-14(21-15)10-4-5-10/h3,6-7,9-10H,4-5H2,1-2H3,(H,17,20)/t9-/m1/s1. The number of anilines is 1. The number of nitrogens with zero attached hydrogens (tertiary/aromatic N) is 2. The quantitative estimate of drug-likeness (QED) is 0.834. The molecule has 22 heavy (non-hydrogen) atoms. The average Bonchev–Trinajstić information content (AvgIpc) is 3.23. The molecule has 1 aromatic carbocycles. The molecule has 0 unspecified atom stereocenters. The Kier molecular flexibility index (Phi) is 4.40. The molecule has 7 heteroatoms. The van der Waals surface area contributed by atoms with Crippen LogP contribution < -0.4 is 5.32 Å². The highest BCUT2D eigenvalue weighted by Gasteiger charge is 2.30. The van der Waals surface area contributed by atoms with Gasteiger partial charge in [-0.2, -0.15) is 0 Å². The third kappa shape index (κ3) is 3.62. The van der Waals surface area contributed by atoms with Crippen LogP contribution in [0.1, 0.15) is 37.1 Å². The lowest BCUT2D eigenvalue weighted by Gasteiger charge is -2.12. The topological polar surface area (TPSA) is 68.0 Å². The molecule has 0 radical (unpaired) electrons. The summed E-state index contributed by atoms with van der Waals surface area (Å²) in [4.78, 5) is 12.3. The van der Waals surface area contributed by atoms with E-state index >= 15 is 0 Å². The predicted octanol–water partition coefficient (Wildman–Crippen LogP) is 4.03. The summed E-state index contributed by atoms with van der Waals surface area (Å²) >= 11 is 7.22. The van der Waals surface area contributed by atoms with Crippen molar-refractivity contribution < 1.29 is 9.21 Å². The molecule has 0 aliphatic heterocycles. The molecule has 1 saturated carbocycles. The maximum absolute atomic E-state index is 12.3. The zero-order valence-electron chi connectivity index (χ0n) is 12.3. The lowest BCUT2D eigenvalue weighted by atomic mass is 10.2. The number of thioether (sulfide) groups is 1. The molecule has 1 heterocycles. The van der Waals surface area contributed by atoms with E-state index < -0.39 is 0 Å². The first-order chi connectivity index (χ1) is 10.5. The first kappa shape index (κ1) is 15.4. The van der Waals surface area contributed by atoms with E-state index in [1.165, 1.54) is 11.8 Å². The SMILES string of the molecule is Cc1ccc(Cl)cc1NC(=O)[C@@H](C)Sc1nnc(C2CC2)o1. The van der Waals surface area contributed by atoms with Gasteiger partial charge in [-0.1, -0.05) is 29.4 Å². The highest BCUT2D eigenvalue weighted by Crippen LogP contribution is 2.40. The zero-order chi connectivity index (χ0) is 15.7. The van der Waals surface area contributed by atoms with Gasteiger partial charge < -0.3 is 9.73 Å². The van der Waals surface area contributed by atoms with E-state index in [9.17, 15) is 4.79 Å². The van der Waals surface area contributed by atoms with Gasteiger partial charge in [-0.15, -0.1) is 10.2 Å². The van der Waals surface area contributed by atoms with Gasteiger partial charge in [0.1, 0.15) is 0 Å². The summed E-state index contributed by atoms with van der Waals surface area (Å²) in [5.74, 6) is 0.974. The Bertz CT molecular complexity index is 700. The Balaban J connectivity index is 1.62. The zero-order valence-corrected chi connectivity index (χ0v) is 13.9. The molecule has 1 aliphatic rings. The average molecular weight is 338 g/mol. The Morgan fingerprint density at radius 3 is 2.95 bits per heavy atom. The van der Waals surface area contributed by atoms with E-state index in [0.29, 0.717) is 27.7 Å². The van der Waals surface area contributed by atoms with Gasteiger partial charge in [0.25, 0.3) is 5.22 Å². The van der Waals surface area contributed by atoms with Gasteiger partial charge >= 0.3 is 0 Å². The lowest BCUT2D eigenvalue weighted by Crippen LogP contribution is -2.22. The van der Waals surface area contributed by atoms with Crippen LogP contribution in [0.2, 0.25) is 5.02 Å². The fraction of sp³-hybridized carbons (Fsp3) is 0.400. The number of amides is 1. The molecule has 1 N–H and O–H groups in total. The van der Waals surface area contributed by atoms with Gasteiger partial charge in [0, 0.05) is 16.6 Å². The van der Waals surface area contributed by atoms with E-state index in [4.69, 9.17) is 16.0 Å². The molecular weight excluding hydrogens is 322 g/mol. The van der Waals surface area contributed by atoms with Crippen LogP contribution in [0.15, 0.2) is 27.8 Å². The highest BCUT2D eigenvalue weighted by atomic mass is 35.5. The van der Waals surface area contributed by atoms with Gasteiger partial charge in [-0.05, 0) is 44.4 Å². The minimum absolute atomic E-state index is 0.124. The van der Waals surface area contributed by atoms with Crippen LogP contribution in [0.4, 0.5) is 5.69 Å². The normalized spacial score (nSPS) is 15.6. The lowest BCUT2D eigenvalue weighted by molar-refractivity contribution is -0.115. The van der Waals surface area contributed by atoms with Crippen molar-refractivity contribution in [1.29, 1.82) is 0 Å². The number of benzene rings is 1. The number of carbonyl (C=O) groups is 1. The summed E-state index contributed by atoms with van der Waals surface area (Å²) in [6.07, 6.45) is 2.22. The summed E-state index contributed by atoms with van der Waals surface area (Å²) in [5, 5.41) is 11.6. The number of aryl methyl sites for hydroxylation is 1. The summed E-state index contributed by atoms with van der Waals surface area (Å²) in [7, 11) is 0. The van der Waals surface area contributed by atoms with Crippen LogP contribution >= 0.6 is 23.4 Å². The first-order valence-corrected chi connectivity index (χ1v) is 8.36. The number of carbonyl (C=O) groups excluding carboxylic acids is 1. The van der Waals surface area contributed by atoms with E-state index in [1.807, 2.05) is 13.0 Å². The number of hydrogen-bond donors (Lipinski definition) is 1. The number of aromatic nitrogens is 2. The molecule has 1 aliphatic carbocycles. The summed E-state index contributed by atoms with van der Waals surface area (Å²) in [5.41, 5.74) is 1.68. The number of nitrogens with one attached hydrogen (secondary N) is 1. The first-order valence-electron chi connectivity index (χ1n) is 7.10. The van der Waals surface area contributed by atoms with E-state index in [1.54, 1.807) is 19.1 Å². The van der Waals surface area contributed by atoms with Gasteiger partial charge in [-0.25, -0.2) is 0 Å². The van der Waals surface area contributed by atoms with Crippen molar-refractivity contribution >= 4 is 35.0 Å². The van der Waals surface area contributed by atoms with Crippen molar-refractivity contribution in [2.24, 2.45) is 0 Å².